The van der Waals surface area contributed by atoms with Crippen LogP contribution in [0.25, 0.3) is 0 Å². The van der Waals surface area contributed by atoms with Crippen LogP contribution in [0.1, 0.15) is 41.0 Å². The third-order valence-corrected chi connectivity index (χ3v) is 7.47. The molecule has 0 radical (unpaired) electrons. The summed E-state index contributed by atoms with van der Waals surface area (Å²) >= 11 is 12.3. The zero-order valence-corrected chi connectivity index (χ0v) is 18.0. The summed E-state index contributed by atoms with van der Waals surface area (Å²) in [4.78, 5) is 12.5. The number of sulfonamides is 1. The van der Waals surface area contributed by atoms with E-state index in [9.17, 15) is 13.2 Å². The Balaban J connectivity index is 1.85. The molecule has 1 amide bonds. The lowest BCUT2D eigenvalue weighted by Gasteiger charge is -2.26. The fourth-order valence-corrected chi connectivity index (χ4v) is 5.48. The maximum atomic E-state index is 13.0. The molecule has 1 aliphatic heterocycles. The molecule has 2 heterocycles. The van der Waals surface area contributed by atoms with Gasteiger partial charge < -0.3 is 5.32 Å². The van der Waals surface area contributed by atoms with Crippen molar-refractivity contribution in [1.29, 1.82) is 0 Å². The van der Waals surface area contributed by atoms with Crippen LogP contribution < -0.4 is 5.32 Å². The number of carbonyl (C=O) groups excluding carboxylic acids is 1. The Hall–Kier alpha value is -1.61. The van der Waals surface area contributed by atoms with Crippen molar-refractivity contribution in [2.45, 2.75) is 37.6 Å². The summed E-state index contributed by atoms with van der Waals surface area (Å²) in [6, 6.07) is 4.42. The van der Waals surface area contributed by atoms with Gasteiger partial charge in [-0.3, -0.25) is 9.48 Å². The van der Waals surface area contributed by atoms with Gasteiger partial charge in [0, 0.05) is 25.8 Å². The number of hydrogen-bond donors (Lipinski definition) is 1. The lowest BCUT2D eigenvalue weighted by Crippen LogP contribution is -2.36. The van der Waals surface area contributed by atoms with Gasteiger partial charge in [-0.15, -0.1) is 0 Å². The Morgan fingerprint density at radius 2 is 1.82 bits per heavy atom. The Kier molecular flexibility index (Phi) is 6.34. The summed E-state index contributed by atoms with van der Waals surface area (Å²) in [5.41, 5.74) is 1.72. The highest BCUT2D eigenvalue weighted by Crippen LogP contribution is 2.31. The van der Waals surface area contributed by atoms with Crippen LogP contribution in [0, 0.1) is 6.92 Å². The second kappa shape index (κ2) is 8.41. The summed E-state index contributed by atoms with van der Waals surface area (Å²) in [5, 5.41) is 7.10. The third kappa shape index (κ3) is 4.35. The van der Waals surface area contributed by atoms with E-state index >= 15 is 0 Å². The SMILES string of the molecule is Cc1cc(CNC(=O)c2cc(S(=O)(=O)N3CCCCC3)c(Cl)cc2Cl)nn1C. The second-order valence-corrected chi connectivity index (χ2v) is 9.53. The zero-order valence-electron chi connectivity index (χ0n) is 15.7. The number of aryl methyl sites for hydroxylation is 2. The van der Waals surface area contributed by atoms with E-state index in [0.29, 0.717) is 18.8 Å². The van der Waals surface area contributed by atoms with Crippen LogP contribution in [0.3, 0.4) is 0 Å². The maximum Gasteiger partial charge on any atom is 0.253 e. The van der Waals surface area contributed by atoms with Crippen molar-refractivity contribution in [2.75, 3.05) is 13.1 Å². The summed E-state index contributed by atoms with van der Waals surface area (Å²) in [6.07, 6.45) is 2.61. The molecule has 1 saturated heterocycles. The van der Waals surface area contributed by atoms with E-state index in [1.54, 1.807) is 4.68 Å². The molecule has 1 N–H and O–H groups in total. The maximum absolute atomic E-state index is 13.0. The molecule has 1 aromatic heterocycles. The van der Waals surface area contributed by atoms with E-state index in [0.717, 1.165) is 25.0 Å². The standard InChI is InChI=1S/C18H22Cl2N4O3S/c1-12-8-13(22-23(12)2)11-21-18(25)14-9-17(16(20)10-15(14)19)28(26,27)24-6-4-3-5-7-24/h8-10H,3-7,11H2,1-2H3,(H,21,25). The molecule has 3 rings (SSSR count). The first-order valence-electron chi connectivity index (χ1n) is 8.97. The lowest BCUT2D eigenvalue weighted by atomic mass is 10.2. The van der Waals surface area contributed by atoms with Gasteiger partial charge in [-0.2, -0.15) is 9.40 Å². The Labute approximate surface area is 174 Å². The minimum atomic E-state index is -3.79. The van der Waals surface area contributed by atoms with Crippen LogP contribution in [-0.2, 0) is 23.6 Å². The molecule has 10 heteroatoms. The fourth-order valence-electron chi connectivity index (χ4n) is 3.13. The Morgan fingerprint density at radius 1 is 1.14 bits per heavy atom. The van der Waals surface area contributed by atoms with E-state index in [2.05, 4.69) is 10.4 Å². The first-order chi connectivity index (χ1) is 13.2. The first-order valence-corrected chi connectivity index (χ1v) is 11.2. The van der Waals surface area contributed by atoms with E-state index in [4.69, 9.17) is 23.2 Å². The molecule has 1 fully saturated rings. The number of piperidine rings is 1. The van der Waals surface area contributed by atoms with Crippen molar-refractivity contribution in [3.05, 3.63) is 45.2 Å². The molecule has 28 heavy (non-hydrogen) atoms. The molecule has 1 aliphatic rings. The number of hydrogen-bond acceptors (Lipinski definition) is 4. The molecule has 1 aromatic carbocycles. The van der Waals surface area contributed by atoms with Gasteiger partial charge in [0.15, 0.2) is 0 Å². The molecular weight excluding hydrogens is 423 g/mol. The molecule has 152 valence electrons. The first kappa shape index (κ1) is 21.1. The predicted molar refractivity (Wildman–Crippen MR) is 108 cm³/mol. The highest BCUT2D eigenvalue weighted by atomic mass is 35.5. The van der Waals surface area contributed by atoms with Gasteiger partial charge in [0.1, 0.15) is 4.90 Å². The molecule has 0 aliphatic carbocycles. The van der Waals surface area contributed by atoms with E-state index in [-0.39, 0.29) is 27.0 Å². The number of benzene rings is 1. The van der Waals surface area contributed by atoms with E-state index in [1.165, 1.54) is 16.4 Å². The van der Waals surface area contributed by atoms with Crippen molar-refractivity contribution >= 4 is 39.1 Å². The highest BCUT2D eigenvalue weighted by molar-refractivity contribution is 7.89. The van der Waals surface area contributed by atoms with Crippen molar-refractivity contribution in [2.24, 2.45) is 7.05 Å². The van der Waals surface area contributed by atoms with Crippen LogP contribution in [0.2, 0.25) is 10.0 Å². The molecule has 7 nitrogen and oxygen atoms in total. The van der Waals surface area contributed by atoms with E-state index in [1.807, 2.05) is 20.0 Å². The monoisotopic (exact) mass is 444 g/mol. The number of nitrogens with one attached hydrogen (secondary N) is 1. The largest absolute Gasteiger partial charge is 0.346 e. The summed E-state index contributed by atoms with van der Waals surface area (Å²) in [5.74, 6) is -0.486. The van der Waals surface area contributed by atoms with Gasteiger partial charge in [-0.1, -0.05) is 29.6 Å². The molecule has 0 unspecified atom stereocenters. The fraction of sp³-hybridized carbons (Fsp3) is 0.444. The summed E-state index contributed by atoms with van der Waals surface area (Å²) in [7, 11) is -1.97. The molecule has 0 atom stereocenters. The average Bonchev–Trinajstić information content (AvgIpc) is 2.98. The molecular formula is C18H22Cl2N4O3S. The smallest absolute Gasteiger partial charge is 0.253 e. The second-order valence-electron chi connectivity index (χ2n) is 6.81. The number of carbonyl (C=O) groups is 1. The van der Waals surface area contributed by atoms with Gasteiger partial charge in [0.25, 0.3) is 5.91 Å². The Morgan fingerprint density at radius 3 is 2.43 bits per heavy atom. The average molecular weight is 445 g/mol. The van der Waals surface area contributed by atoms with Crippen molar-refractivity contribution in [3.63, 3.8) is 0 Å². The van der Waals surface area contributed by atoms with Crippen LogP contribution in [0.15, 0.2) is 23.1 Å². The van der Waals surface area contributed by atoms with Gasteiger partial charge >= 0.3 is 0 Å². The minimum absolute atomic E-state index is 0.00692. The normalized spacial score (nSPS) is 15.6. The minimum Gasteiger partial charge on any atom is -0.346 e. The number of nitrogens with zero attached hydrogens (tertiary/aromatic N) is 3. The summed E-state index contributed by atoms with van der Waals surface area (Å²) in [6.45, 7) is 3.00. The van der Waals surface area contributed by atoms with Gasteiger partial charge in [-0.05, 0) is 38.0 Å². The lowest BCUT2D eigenvalue weighted by molar-refractivity contribution is 0.0950. The number of aromatic nitrogens is 2. The van der Waals surface area contributed by atoms with Crippen molar-refractivity contribution in [1.82, 2.24) is 19.4 Å². The van der Waals surface area contributed by atoms with Crippen LogP contribution >= 0.6 is 23.2 Å². The van der Waals surface area contributed by atoms with Crippen LogP contribution in [0.4, 0.5) is 0 Å². The van der Waals surface area contributed by atoms with E-state index < -0.39 is 15.9 Å². The van der Waals surface area contributed by atoms with Gasteiger partial charge in [0.2, 0.25) is 10.0 Å². The molecule has 0 bridgehead atoms. The molecule has 2 aromatic rings. The number of halogens is 2. The number of amides is 1. The van der Waals surface area contributed by atoms with Gasteiger partial charge in [0.05, 0.1) is 27.8 Å². The number of rotatable bonds is 5. The zero-order chi connectivity index (χ0) is 20.5. The predicted octanol–water partition coefficient (Wildman–Crippen LogP) is 3.14. The van der Waals surface area contributed by atoms with Crippen molar-refractivity contribution < 1.29 is 13.2 Å². The Bertz CT molecular complexity index is 979. The van der Waals surface area contributed by atoms with Crippen LogP contribution in [-0.4, -0.2) is 41.5 Å². The molecule has 0 spiro atoms. The topological polar surface area (TPSA) is 84.3 Å². The summed E-state index contributed by atoms with van der Waals surface area (Å²) < 4.78 is 29.1. The van der Waals surface area contributed by atoms with Gasteiger partial charge in [-0.25, -0.2) is 8.42 Å². The highest BCUT2D eigenvalue weighted by Gasteiger charge is 2.29. The quantitative estimate of drug-likeness (QED) is 0.767. The van der Waals surface area contributed by atoms with Crippen molar-refractivity contribution in [3.8, 4) is 0 Å². The molecule has 0 saturated carbocycles. The van der Waals surface area contributed by atoms with Crippen LogP contribution in [0.5, 0.6) is 0 Å². The third-order valence-electron chi connectivity index (χ3n) is 4.79.